The van der Waals surface area contributed by atoms with Crippen molar-refractivity contribution in [3.63, 3.8) is 0 Å². The van der Waals surface area contributed by atoms with Gasteiger partial charge in [0, 0.05) is 6.54 Å². The van der Waals surface area contributed by atoms with E-state index < -0.39 is 10.0 Å². The number of benzene rings is 3. The number of ether oxygens (including phenoxy) is 1. The molecule has 0 bridgehead atoms. The topological polar surface area (TPSA) is 75.7 Å². The first-order valence-electron chi connectivity index (χ1n) is 11.4. The van der Waals surface area contributed by atoms with Crippen LogP contribution in [-0.4, -0.2) is 32.3 Å². The van der Waals surface area contributed by atoms with Gasteiger partial charge in [-0.3, -0.25) is 4.79 Å². The third-order valence-electron chi connectivity index (χ3n) is 6.16. The largest absolute Gasteiger partial charge is 0.495 e. The molecule has 3 aromatic carbocycles. The predicted molar refractivity (Wildman–Crippen MR) is 132 cm³/mol. The Hall–Kier alpha value is -3.16. The number of sulfonamides is 1. The minimum Gasteiger partial charge on any atom is -0.495 e. The molecule has 0 aliphatic heterocycles. The number of hydrogen-bond donors (Lipinski definition) is 1. The Morgan fingerprint density at radius 3 is 2.56 bits per heavy atom. The molecule has 0 spiro atoms. The van der Waals surface area contributed by atoms with Crippen LogP contribution in [0.3, 0.4) is 0 Å². The lowest BCUT2D eigenvalue weighted by Crippen LogP contribution is -2.42. The van der Waals surface area contributed by atoms with Gasteiger partial charge in [0.25, 0.3) is 0 Å². The van der Waals surface area contributed by atoms with Gasteiger partial charge in [0.15, 0.2) is 0 Å². The van der Waals surface area contributed by atoms with Crippen LogP contribution in [0.15, 0.2) is 77.7 Å². The molecule has 0 radical (unpaired) electrons. The molecule has 1 N–H and O–H groups in total. The lowest BCUT2D eigenvalue weighted by molar-refractivity contribution is -0.122. The summed E-state index contributed by atoms with van der Waals surface area (Å²) in [5.41, 5.74) is 3.94. The molecule has 3 aromatic rings. The molecular formula is C27H30N2O4S. The second-order valence-electron chi connectivity index (χ2n) is 8.62. The third kappa shape index (κ3) is 5.32. The molecule has 7 heteroatoms. The number of methoxy groups -OCH3 is 1. The van der Waals surface area contributed by atoms with E-state index in [-0.39, 0.29) is 35.7 Å². The Labute approximate surface area is 201 Å². The van der Waals surface area contributed by atoms with Crippen molar-refractivity contribution in [2.24, 2.45) is 0 Å². The highest BCUT2D eigenvalue weighted by Crippen LogP contribution is 2.31. The second kappa shape index (κ2) is 10.4. The van der Waals surface area contributed by atoms with E-state index in [1.807, 2.05) is 55.5 Å². The van der Waals surface area contributed by atoms with Crippen LogP contribution >= 0.6 is 0 Å². The Balaban J connectivity index is 1.62. The van der Waals surface area contributed by atoms with Gasteiger partial charge in [-0.2, -0.15) is 4.31 Å². The minimum absolute atomic E-state index is 0.0572. The van der Waals surface area contributed by atoms with Gasteiger partial charge in [-0.05, 0) is 60.6 Å². The zero-order chi connectivity index (χ0) is 24.1. The van der Waals surface area contributed by atoms with Gasteiger partial charge >= 0.3 is 0 Å². The van der Waals surface area contributed by atoms with E-state index >= 15 is 0 Å². The average Bonchev–Trinajstić information content (AvgIpc) is 2.84. The van der Waals surface area contributed by atoms with Crippen LogP contribution in [-0.2, 0) is 27.8 Å². The maximum absolute atomic E-state index is 13.8. The van der Waals surface area contributed by atoms with Crippen LogP contribution in [0.2, 0.25) is 0 Å². The smallest absolute Gasteiger partial charge is 0.247 e. The summed E-state index contributed by atoms with van der Waals surface area (Å²) >= 11 is 0. The van der Waals surface area contributed by atoms with Crippen molar-refractivity contribution in [3.05, 3.63) is 95.1 Å². The van der Waals surface area contributed by atoms with Gasteiger partial charge in [0.2, 0.25) is 15.9 Å². The lowest BCUT2D eigenvalue weighted by atomic mass is 9.88. The van der Waals surface area contributed by atoms with Gasteiger partial charge < -0.3 is 10.1 Å². The fraction of sp³-hybridized carbons (Fsp3) is 0.296. The highest BCUT2D eigenvalue weighted by atomic mass is 32.2. The highest BCUT2D eigenvalue weighted by molar-refractivity contribution is 7.89. The Morgan fingerprint density at radius 2 is 1.79 bits per heavy atom. The van der Waals surface area contributed by atoms with Crippen LogP contribution in [0.5, 0.6) is 5.75 Å². The van der Waals surface area contributed by atoms with E-state index in [1.165, 1.54) is 17.0 Å². The van der Waals surface area contributed by atoms with Crippen LogP contribution in [0.25, 0.3) is 0 Å². The maximum atomic E-state index is 13.8. The van der Waals surface area contributed by atoms with E-state index in [0.29, 0.717) is 0 Å². The van der Waals surface area contributed by atoms with Crippen molar-refractivity contribution < 1.29 is 17.9 Å². The van der Waals surface area contributed by atoms with Crippen LogP contribution < -0.4 is 10.1 Å². The lowest BCUT2D eigenvalue weighted by Gasteiger charge is -2.28. The zero-order valence-electron chi connectivity index (χ0n) is 19.5. The van der Waals surface area contributed by atoms with Crippen molar-refractivity contribution >= 4 is 15.9 Å². The first-order valence-corrected chi connectivity index (χ1v) is 12.9. The molecule has 178 valence electrons. The number of carbonyl (C=O) groups excluding carboxylic acids is 1. The summed E-state index contributed by atoms with van der Waals surface area (Å²) in [6, 6.07) is 22.3. The van der Waals surface area contributed by atoms with Gasteiger partial charge in [0.05, 0.1) is 19.7 Å². The van der Waals surface area contributed by atoms with Crippen molar-refractivity contribution in [2.45, 2.75) is 43.7 Å². The monoisotopic (exact) mass is 478 g/mol. The Kier molecular flexibility index (Phi) is 7.34. The molecule has 0 unspecified atom stereocenters. The van der Waals surface area contributed by atoms with Gasteiger partial charge in [0.1, 0.15) is 10.6 Å². The SMILES string of the molecule is COc1ccc(C)cc1S(=O)(=O)N(CC(=O)N[C@H]1CCCc2ccccc21)Cc1ccccc1. The average molecular weight is 479 g/mol. The zero-order valence-corrected chi connectivity index (χ0v) is 20.3. The minimum atomic E-state index is -4.01. The van der Waals surface area contributed by atoms with E-state index in [1.54, 1.807) is 18.2 Å². The number of rotatable bonds is 8. The number of amides is 1. The first kappa shape index (κ1) is 24.0. The molecule has 34 heavy (non-hydrogen) atoms. The number of nitrogens with zero attached hydrogens (tertiary/aromatic N) is 1. The molecule has 1 atom stereocenters. The summed E-state index contributed by atoms with van der Waals surface area (Å²) < 4.78 is 34.1. The van der Waals surface area contributed by atoms with Crippen LogP contribution in [0, 0.1) is 6.92 Å². The highest BCUT2D eigenvalue weighted by Gasteiger charge is 2.31. The van der Waals surface area contributed by atoms with Crippen molar-refractivity contribution in [2.75, 3.05) is 13.7 Å². The van der Waals surface area contributed by atoms with Crippen molar-refractivity contribution in [1.29, 1.82) is 0 Å². The van der Waals surface area contributed by atoms with Gasteiger partial charge in [-0.15, -0.1) is 0 Å². The quantitative estimate of drug-likeness (QED) is 0.521. The number of nitrogens with one attached hydrogen (secondary N) is 1. The summed E-state index contributed by atoms with van der Waals surface area (Å²) in [4.78, 5) is 13.2. The molecule has 6 nitrogen and oxygen atoms in total. The molecule has 0 aromatic heterocycles. The third-order valence-corrected chi connectivity index (χ3v) is 7.98. The summed E-state index contributed by atoms with van der Waals surface area (Å²) in [7, 11) is -2.57. The molecule has 1 aliphatic carbocycles. The van der Waals surface area contributed by atoms with Crippen LogP contribution in [0.1, 0.15) is 41.1 Å². The Morgan fingerprint density at radius 1 is 1.06 bits per heavy atom. The molecule has 4 rings (SSSR count). The summed E-state index contributed by atoms with van der Waals surface area (Å²) in [5, 5.41) is 3.08. The molecular weight excluding hydrogens is 448 g/mol. The van der Waals surface area contributed by atoms with Crippen molar-refractivity contribution in [1.82, 2.24) is 9.62 Å². The fourth-order valence-electron chi connectivity index (χ4n) is 4.44. The predicted octanol–water partition coefficient (Wildman–Crippen LogP) is 4.39. The first-order chi connectivity index (χ1) is 16.4. The summed E-state index contributed by atoms with van der Waals surface area (Å²) in [6.45, 7) is 1.62. The molecule has 1 amide bonds. The number of carbonyl (C=O) groups is 1. The Bertz CT molecular complexity index is 1260. The number of aryl methyl sites for hydroxylation is 2. The van der Waals surface area contributed by atoms with E-state index in [4.69, 9.17) is 4.74 Å². The van der Waals surface area contributed by atoms with Gasteiger partial charge in [-0.25, -0.2) is 8.42 Å². The van der Waals surface area contributed by atoms with E-state index in [2.05, 4.69) is 11.4 Å². The van der Waals surface area contributed by atoms with Crippen molar-refractivity contribution in [3.8, 4) is 5.75 Å². The molecule has 1 aliphatic rings. The molecule has 0 fully saturated rings. The van der Waals surface area contributed by atoms with E-state index in [9.17, 15) is 13.2 Å². The van der Waals surface area contributed by atoms with Gasteiger partial charge in [-0.1, -0.05) is 60.7 Å². The second-order valence-corrected chi connectivity index (χ2v) is 10.5. The molecule has 0 heterocycles. The molecule has 0 saturated heterocycles. The standard InChI is InChI=1S/C27H30N2O4S/c1-20-15-16-25(33-2)26(17-20)34(31,32)29(18-21-9-4-3-5-10-21)19-27(30)28-24-14-8-12-22-11-6-7-13-23(22)24/h3-7,9-11,13,15-17,24H,8,12,14,18-19H2,1-2H3,(H,28,30)/t24-/m0/s1. The summed E-state index contributed by atoms with van der Waals surface area (Å²) in [6.07, 6.45) is 2.80. The number of fused-ring (bicyclic) bond motifs is 1. The number of hydrogen-bond acceptors (Lipinski definition) is 4. The van der Waals surface area contributed by atoms with E-state index in [0.717, 1.165) is 36.0 Å². The maximum Gasteiger partial charge on any atom is 0.247 e. The fourth-order valence-corrected chi connectivity index (χ4v) is 6.07. The summed E-state index contributed by atoms with van der Waals surface area (Å²) in [5.74, 6) is -0.0712. The normalized spacial score (nSPS) is 15.6. The van der Waals surface area contributed by atoms with Crippen LogP contribution in [0.4, 0.5) is 0 Å². The molecule has 0 saturated carbocycles.